The zero-order valence-corrected chi connectivity index (χ0v) is 12.0. The Morgan fingerprint density at radius 2 is 2.20 bits per heavy atom. The monoisotopic (exact) mass is 273 g/mol. The number of hydrogen-bond acceptors (Lipinski definition) is 4. The molecule has 2 rings (SSSR count). The van der Waals surface area contributed by atoms with Crippen molar-refractivity contribution in [2.75, 3.05) is 14.2 Å². The normalized spacial score (nSPS) is 12.2. The standard InChI is InChI=1S/C15H19N3O2/c1-11-7-15(19)18(10-17-11)9-14(16-2)12-5-4-6-13(8-12)20-3/h4-8,10,14,16H,9H2,1-3H3. The Labute approximate surface area is 118 Å². The molecular weight excluding hydrogens is 254 g/mol. The van der Waals surface area contributed by atoms with Crippen molar-refractivity contribution < 1.29 is 4.74 Å². The molecule has 1 heterocycles. The number of hydrogen-bond donors (Lipinski definition) is 1. The SMILES string of the molecule is CNC(Cn1cnc(C)cc1=O)c1cccc(OC)c1. The minimum Gasteiger partial charge on any atom is -0.497 e. The van der Waals surface area contributed by atoms with Crippen LogP contribution in [0.2, 0.25) is 0 Å². The summed E-state index contributed by atoms with van der Waals surface area (Å²) in [5.41, 5.74) is 1.76. The maximum Gasteiger partial charge on any atom is 0.253 e. The maximum absolute atomic E-state index is 11.9. The molecule has 0 aliphatic carbocycles. The zero-order chi connectivity index (χ0) is 14.5. The van der Waals surface area contributed by atoms with E-state index < -0.39 is 0 Å². The Morgan fingerprint density at radius 3 is 2.85 bits per heavy atom. The lowest BCUT2D eigenvalue weighted by Crippen LogP contribution is -2.28. The molecule has 0 aliphatic heterocycles. The molecule has 5 nitrogen and oxygen atoms in total. The third-order valence-corrected chi connectivity index (χ3v) is 3.24. The minimum absolute atomic E-state index is 0.0207. The molecule has 0 saturated heterocycles. The highest BCUT2D eigenvalue weighted by Crippen LogP contribution is 2.19. The van der Waals surface area contributed by atoms with Gasteiger partial charge in [-0.3, -0.25) is 9.36 Å². The molecule has 1 N–H and O–H groups in total. The van der Waals surface area contributed by atoms with Crippen LogP contribution in [0.25, 0.3) is 0 Å². The van der Waals surface area contributed by atoms with Gasteiger partial charge in [-0.2, -0.15) is 0 Å². The van der Waals surface area contributed by atoms with Gasteiger partial charge in [0.1, 0.15) is 5.75 Å². The second-order valence-corrected chi connectivity index (χ2v) is 4.64. The van der Waals surface area contributed by atoms with Crippen molar-refractivity contribution >= 4 is 0 Å². The number of nitrogens with zero attached hydrogens (tertiary/aromatic N) is 2. The number of methoxy groups -OCH3 is 1. The van der Waals surface area contributed by atoms with Crippen LogP contribution in [0.4, 0.5) is 0 Å². The van der Waals surface area contributed by atoms with Gasteiger partial charge >= 0.3 is 0 Å². The Kier molecular flexibility index (Phi) is 4.53. The van der Waals surface area contributed by atoms with Crippen molar-refractivity contribution in [1.82, 2.24) is 14.9 Å². The summed E-state index contributed by atoms with van der Waals surface area (Å²) in [6.45, 7) is 2.33. The first kappa shape index (κ1) is 14.3. The average molecular weight is 273 g/mol. The van der Waals surface area contributed by atoms with E-state index in [0.717, 1.165) is 17.0 Å². The molecule has 1 unspecified atom stereocenters. The third-order valence-electron chi connectivity index (χ3n) is 3.24. The van der Waals surface area contributed by atoms with Crippen LogP contribution in [-0.4, -0.2) is 23.7 Å². The highest BCUT2D eigenvalue weighted by atomic mass is 16.5. The highest BCUT2D eigenvalue weighted by molar-refractivity contribution is 5.30. The Morgan fingerprint density at radius 1 is 1.40 bits per heavy atom. The van der Waals surface area contributed by atoms with E-state index in [1.165, 1.54) is 6.07 Å². The molecule has 0 radical (unpaired) electrons. The van der Waals surface area contributed by atoms with Gasteiger partial charge in [0.2, 0.25) is 0 Å². The molecule has 2 aromatic rings. The van der Waals surface area contributed by atoms with Crippen molar-refractivity contribution in [3.8, 4) is 5.75 Å². The molecule has 0 spiro atoms. The molecule has 0 saturated carbocycles. The van der Waals surface area contributed by atoms with Crippen LogP contribution >= 0.6 is 0 Å². The number of aromatic nitrogens is 2. The molecule has 1 aromatic heterocycles. The highest BCUT2D eigenvalue weighted by Gasteiger charge is 2.11. The van der Waals surface area contributed by atoms with Crippen molar-refractivity contribution in [3.63, 3.8) is 0 Å². The minimum atomic E-state index is -0.0411. The van der Waals surface area contributed by atoms with Crippen molar-refractivity contribution in [2.45, 2.75) is 19.5 Å². The summed E-state index contributed by atoms with van der Waals surface area (Å²) in [7, 11) is 3.51. The van der Waals surface area contributed by atoms with E-state index in [4.69, 9.17) is 4.74 Å². The van der Waals surface area contributed by atoms with Crippen LogP contribution in [-0.2, 0) is 6.54 Å². The van der Waals surface area contributed by atoms with Crippen LogP contribution < -0.4 is 15.6 Å². The summed E-state index contributed by atoms with van der Waals surface area (Å²) in [4.78, 5) is 16.1. The molecule has 0 fully saturated rings. The summed E-state index contributed by atoms with van der Waals surface area (Å²) in [5.74, 6) is 0.803. The first-order valence-corrected chi connectivity index (χ1v) is 6.48. The Hall–Kier alpha value is -2.14. The van der Waals surface area contributed by atoms with Gasteiger partial charge in [0.25, 0.3) is 5.56 Å². The average Bonchev–Trinajstić information content (AvgIpc) is 2.46. The van der Waals surface area contributed by atoms with Gasteiger partial charge in [0.15, 0.2) is 0 Å². The second kappa shape index (κ2) is 6.34. The summed E-state index contributed by atoms with van der Waals surface area (Å²) in [6, 6.07) is 9.37. The predicted octanol–water partition coefficient (Wildman–Crippen LogP) is 1.52. The lowest BCUT2D eigenvalue weighted by molar-refractivity contribution is 0.412. The van der Waals surface area contributed by atoms with Gasteiger partial charge in [0.05, 0.1) is 19.5 Å². The van der Waals surface area contributed by atoms with Gasteiger partial charge < -0.3 is 10.1 Å². The molecule has 0 amide bonds. The smallest absolute Gasteiger partial charge is 0.253 e. The van der Waals surface area contributed by atoms with Crippen LogP contribution in [0.1, 0.15) is 17.3 Å². The van der Waals surface area contributed by atoms with Crippen molar-refractivity contribution in [2.24, 2.45) is 0 Å². The molecule has 106 valence electrons. The van der Waals surface area contributed by atoms with Gasteiger partial charge in [0, 0.05) is 18.3 Å². The van der Waals surface area contributed by atoms with Crippen LogP contribution in [0.3, 0.4) is 0 Å². The fourth-order valence-electron chi connectivity index (χ4n) is 2.07. The number of nitrogens with one attached hydrogen (secondary N) is 1. The lowest BCUT2D eigenvalue weighted by Gasteiger charge is -2.18. The topological polar surface area (TPSA) is 56.2 Å². The Bertz CT molecular complexity index is 637. The van der Waals surface area contributed by atoms with E-state index in [1.807, 2.05) is 38.2 Å². The van der Waals surface area contributed by atoms with Crippen LogP contribution in [0, 0.1) is 6.92 Å². The summed E-state index contributed by atoms with van der Waals surface area (Å²) in [6.07, 6.45) is 1.59. The maximum atomic E-state index is 11.9. The summed E-state index contributed by atoms with van der Waals surface area (Å²) >= 11 is 0. The fourth-order valence-corrected chi connectivity index (χ4v) is 2.07. The van der Waals surface area contributed by atoms with Gasteiger partial charge in [-0.1, -0.05) is 12.1 Å². The molecule has 1 aromatic carbocycles. The van der Waals surface area contributed by atoms with Crippen molar-refractivity contribution in [1.29, 1.82) is 0 Å². The Balaban J connectivity index is 2.26. The number of ether oxygens (including phenoxy) is 1. The van der Waals surface area contributed by atoms with Crippen molar-refractivity contribution in [3.05, 3.63) is 58.3 Å². The molecule has 5 heteroatoms. The summed E-state index contributed by atoms with van der Waals surface area (Å²) in [5, 5.41) is 3.22. The van der Waals surface area contributed by atoms with E-state index in [9.17, 15) is 4.79 Å². The molecule has 1 atom stereocenters. The first-order chi connectivity index (χ1) is 9.63. The number of likely N-dealkylation sites (N-methyl/N-ethyl adjacent to an activating group) is 1. The zero-order valence-electron chi connectivity index (χ0n) is 12.0. The second-order valence-electron chi connectivity index (χ2n) is 4.64. The number of aryl methyl sites for hydroxylation is 1. The van der Waals surface area contributed by atoms with Crippen LogP contribution in [0.15, 0.2) is 41.5 Å². The van der Waals surface area contributed by atoms with Gasteiger partial charge in [-0.15, -0.1) is 0 Å². The van der Waals surface area contributed by atoms with E-state index >= 15 is 0 Å². The van der Waals surface area contributed by atoms with Gasteiger partial charge in [-0.05, 0) is 31.7 Å². The van der Waals surface area contributed by atoms with E-state index in [2.05, 4.69) is 10.3 Å². The van der Waals surface area contributed by atoms with E-state index in [1.54, 1.807) is 18.0 Å². The largest absolute Gasteiger partial charge is 0.497 e. The molecule has 0 bridgehead atoms. The first-order valence-electron chi connectivity index (χ1n) is 6.48. The molecular formula is C15H19N3O2. The number of rotatable bonds is 5. The summed E-state index contributed by atoms with van der Waals surface area (Å²) < 4.78 is 6.84. The van der Waals surface area contributed by atoms with Gasteiger partial charge in [-0.25, -0.2) is 4.98 Å². The predicted molar refractivity (Wildman–Crippen MR) is 78.0 cm³/mol. The lowest BCUT2D eigenvalue weighted by atomic mass is 10.1. The number of benzene rings is 1. The van der Waals surface area contributed by atoms with Crippen LogP contribution in [0.5, 0.6) is 5.75 Å². The van der Waals surface area contributed by atoms with E-state index in [0.29, 0.717) is 6.54 Å². The quantitative estimate of drug-likeness (QED) is 0.897. The van der Waals surface area contributed by atoms with E-state index in [-0.39, 0.29) is 11.6 Å². The molecule has 0 aliphatic rings. The fraction of sp³-hybridized carbons (Fsp3) is 0.333. The third kappa shape index (κ3) is 3.24. The molecule has 20 heavy (non-hydrogen) atoms.